The van der Waals surface area contributed by atoms with Crippen molar-refractivity contribution in [2.45, 2.75) is 27.2 Å². The molecule has 0 radical (unpaired) electrons. The molecule has 0 nitrogen and oxygen atoms in total. The first-order valence-electron chi connectivity index (χ1n) is 6.48. The van der Waals surface area contributed by atoms with Crippen molar-refractivity contribution in [3.8, 4) is 0 Å². The number of hydrogen-bond donors (Lipinski definition) is 0. The summed E-state index contributed by atoms with van der Waals surface area (Å²) < 4.78 is 0. The van der Waals surface area contributed by atoms with Crippen molar-refractivity contribution < 1.29 is 0 Å². The molecule has 2 rings (SSSR count). The molecule has 0 atom stereocenters. The van der Waals surface area contributed by atoms with Crippen LogP contribution < -0.4 is 0 Å². The highest BCUT2D eigenvalue weighted by Crippen LogP contribution is 2.27. The van der Waals surface area contributed by atoms with Crippen LogP contribution in [-0.4, -0.2) is 0 Å². The molecule has 0 unspecified atom stereocenters. The smallest absolute Gasteiger partial charge is 0.0152 e. The van der Waals surface area contributed by atoms with Crippen LogP contribution in [0.4, 0.5) is 0 Å². The third kappa shape index (κ3) is 2.38. The van der Waals surface area contributed by atoms with Crippen LogP contribution in [0.3, 0.4) is 0 Å². The second-order valence-corrected chi connectivity index (χ2v) is 4.81. The van der Waals surface area contributed by atoms with Crippen molar-refractivity contribution in [3.05, 3.63) is 76.9 Å². The minimum Gasteiger partial charge on any atom is -0.0905 e. The van der Waals surface area contributed by atoms with Gasteiger partial charge in [0.05, 0.1) is 0 Å². The van der Waals surface area contributed by atoms with Crippen molar-refractivity contribution in [2.24, 2.45) is 0 Å². The maximum Gasteiger partial charge on any atom is -0.0152 e. The van der Waals surface area contributed by atoms with Crippen molar-refractivity contribution in [1.82, 2.24) is 0 Å². The van der Waals surface area contributed by atoms with Crippen LogP contribution in [0.1, 0.15) is 34.7 Å². The predicted octanol–water partition coefficient (Wildman–Crippen LogP) is 4.93. The van der Waals surface area contributed by atoms with Gasteiger partial charge in [-0.05, 0) is 48.1 Å². The summed E-state index contributed by atoms with van der Waals surface area (Å²) in [6.45, 7) is 10.8. The molecule has 92 valence electrons. The van der Waals surface area contributed by atoms with Gasteiger partial charge in [0.25, 0.3) is 0 Å². The Labute approximate surface area is 110 Å². The van der Waals surface area contributed by atoms with Crippen LogP contribution in [0.15, 0.2) is 49.0 Å². The van der Waals surface area contributed by atoms with Gasteiger partial charge in [-0.2, -0.15) is 0 Å². The van der Waals surface area contributed by atoms with E-state index in [2.05, 4.69) is 69.8 Å². The number of hydrogen-bond acceptors (Lipinski definition) is 0. The quantitative estimate of drug-likeness (QED) is 0.709. The first kappa shape index (κ1) is 12.6. The second-order valence-electron chi connectivity index (χ2n) is 4.81. The maximum atomic E-state index is 4.29. The molecule has 0 heteroatoms. The van der Waals surface area contributed by atoms with Gasteiger partial charge < -0.3 is 0 Å². The molecule has 18 heavy (non-hydrogen) atoms. The molecule has 0 heterocycles. The summed E-state index contributed by atoms with van der Waals surface area (Å²) in [5.41, 5.74) is 7.61. The summed E-state index contributed by atoms with van der Waals surface area (Å²) in [4.78, 5) is 0. The minimum atomic E-state index is 1.04. The average Bonchev–Trinajstić information content (AvgIpc) is 2.38. The molecular weight excluding hydrogens is 216 g/mol. The lowest BCUT2D eigenvalue weighted by Crippen LogP contribution is -1.95. The van der Waals surface area contributed by atoms with Crippen LogP contribution in [0.2, 0.25) is 0 Å². The SMILES string of the molecule is C=C(c1ccc(C)cc1C)c1ccccc1CC. The molecule has 0 aromatic heterocycles. The summed E-state index contributed by atoms with van der Waals surface area (Å²) in [6.07, 6.45) is 1.04. The van der Waals surface area contributed by atoms with Crippen molar-refractivity contribution in [1.29, 1.82) is 0 Å². The third-order valence-corrected chi connectivity index (χ3v) is 3.43. The number of rotatable bonds is 3. The molecule has 2 aromatic rings. The Morgan fingerprint density at radius 3 is 2.39 bits per heavy atom. The molecule has 0 aliphatic carbocycles. The summed E-state index contributed by atoms with van der Waals surface area (Å²) in [5.74, 6) is 0. The average molecular weight is 236 g/mol. The van der Waals surface area contributed by atoms with Gasteiger partial charge in [-0.25, -0.2) is 0 Å². The molecule has 0 aliphatic rings. The van der Waals surface area contributed by atoms with Crippen molar-refractivity contribution >= 4 is 5.57 Å². The Kier molecular flexibility index (Phi) is 3.66. The largest absolute Gasteiger partial charge is 0.0905 e. The summed E-state index contributed by atoms with van der Waals surface area (Å²) in [6, 6.07) is 15.1. The van der Waals surface area contributed by atoms with E-state index in [0.717, 1.165) is 12.0 Å². The van der Waals surface area contributed by atoms with Gasteiger partial charge in [-0.15, -0.1) is 0 Å². The molecule has 0 fully saturated rings. The predicted molar refractivity (Wildman–Crippen MR) is 79.9 cm³/mol. The summed E-state index contributed by atoms with van der Waals surface area (Å²) in [5, 5.41) is 0. The molecule has 0 amide bonds. The molecule has 0 N–H and O–H groups in total. The standard InChI is InChI=1S/C18H20/c1-5-16-8-6-7-9-18(16)15(4)17-11-10-13(2)12-14(17)3/h6-12H,4-5H2,1-3H3. The first-order valence-corrected chi connectivity index (χ1v) is 6.48. The lowest BCUT2D eigenvalue weighted by molar-refractivity contribution is 1.13. The fourth-order valence-electron chi connectivity index (χ4n) is 2.42. The Morgan fingerprint density at radius 1 is 1.00 bits per heavy atom. The minimum absolute atomic E-state index is 1.04. The van der Waals surface area contributed by atoms with E-state index in [9.17, 15) is 0 Å². The van der Waals surface area contributed by atoms with E-state index in [1.807, 2.05) is 0 Å². The number of benzene rings is 2. The first-order chi connectivity index (χ1) is 8.63. The van der Waals surface area contributed by atoms with E-state index in [0.29, 0.717) is 0 Å². The van der Waals surface area contributed by atoms with E-state index in [1.165, 1.54) is 27.8 Å². The summed E-state index contributed by atoms with van der Waals surface area (Å²) >= 11 is 0. The van der Waals surface area contributed by atoms with E-state index < -0.39 is 0 Å². The van der Waals surface area contributed by atoms with Gasteiger partial charge in [0.2, 0.25) is 0 Å². The molecular formula is C18H20. The molecule has 0 aliphatic heterocycles. The fourth-order valence-corrected chi connectivity index (χ4v) is 2.42. The zero-order valence-corrected chi connectivity index (χ0v) is 11.5. The van der Waals surface area contributed by atoms with Gasteiger partial charge >= 0.3 is 0 Å². The van der Waals surface area contributed by atoms with Crippen LogP contribution in [0, 0.1) is 13.8 Å². The van der Waals surface area contributed by atoms with E-state index in [1.54, 1.807) is 0 Å². The van der Waals surface area contributed by atoms with E-state index >= 15 is 0 Å². The number of aryl methyl sites for hydroxylation is 3. The van der Waals surface area contributed by atoms with Gasteiger partial charge in [-0.3, -0.25) is 0 Å². The third-order valence-electron chi connectivity index (χ3n) is 3.43. The van der Waals surface area contributed by atoms with Crippen molar-refractivity contribution in [3.63, 3.8) is 0 Å². The van der Waals surface area contributed by atoms with Crippen LogP contribution >= 0.6 is 0 Å². The highest BCUT2D eigenvalue weighted by Gasteiger charge is 2.08. The highest BCUT2D eigenvalue weighted by atomic mass is 14.1. The Hall–Kier alpha value is -1.82. The molecule has 0 saturated heterocycles. The second kappa shape index (κ2) is 5.22. The summed E-state index contributed by atoms with van der Waals surface area (Å²) in [7, 11) is 0. The Bertz CT molecular complexity index is 576. The van der Waals surface area contributed by atoms with Crippen LogP contribution in [-0.2, 0) is 6.42 Å². The van der Waals surface area contributed by atoms with Gasteiger partial charge in [0.15, 0.2) is 0 Å². The van der Waals surface area contributed by atoms with Crippen molar-refractivity contribution in [2.75, 3.05) is 0 Å². The fraction of sp³-hybridized carbons (Fsp3) is 0.222. The van der Waals surface area contributed by atoms with Gasteiger partial charge in [0, 0.05) is 0 Å². The Morgan fingerprint density at radius 2 is 1.72 bits per heavy atom. The van der Waals surface area contributed by atoms with Crippen LogP contribution in [0.5, 0.6) is 0 Å². The maximum absolute atomic E-state index is 4.29. The topological polar surface area (TPSA) is 0 Å². The lowest BCUT2D eigenvalue weighted by atomic mass is 9.91. The zero-order valence-electron chi connectivity index (χ0n) is 11.5. The normalized spacial score (nSPS) is 10.4. The Balaban J connectivity index is 2.48. The van der Waals surface area contributed by atoms with Gasteiger partial charge in [0.1, 0.15) is 0 Å². The molecule has 0 saturated carbocycles. The van der Waals surface area contributed by atoms with Crippen LogP contribution in [0.25, 0.3) is 5.57 Å². The van der Waals surface area contributed by atoms with Gasteiger partial charge in [-0.1, -0.05) is 61.5 Å². The molecule has 0 spiro atoms. The molecule has 0 bridgehead atoms. The highest BCUT2D eigenvalue weighted by molar-refractivity contribution is 5.81. The van der Waals surface area contributed by atoms with E-state index in [-0.39, 0.29) is 0 Å². The zero-order chi connectivity index (χ0) is 13.1. The molecule has 2 aromatic carbocycles. The lowest BCUT2D eigenvalue weighted by Gasteiger charge is -2.13. The van der Waals surface area contributed by atoms with E-state index in [4.69, 9.17) is 0 Å². The monoisotopic (exact) mass is 236 g/mol.